The molecule has 200 valence electrons. The Hall–Kier alpha value is -3.65. The summed E-state index contributed by atoms with van der Waals surface area (Å²) >= 11 is 1.32. The van der Waals surface area contributed by atoms with Crippen LogP contribution in [-0.2, 0) is 9.53 Å². The molecule has 8 heteroatoms. The molecule has 1 atom stereocenters. The number of nitrogens with zero attached hydrogens (tertiary/aromatic N) is 2. The van der Waals surface area contributed by atoms with Crippen LogP contribution in [0.2, 0.25) is 0 Å². The first kappa shape index (κ1) is 27.4. The highest BCUT2D eigenvalue weighted by Crippen LogP contribution is 2.38. The first-order valence-corrected chi connectivity index (χ1v) is 13.7. The Labute approximate surface area is 226 Å². The maximum absolute atomic E-state index is 14.0. The number of aromatic nitrogens is 1. The normalized spacial score (nSPS) is 15.3. The smallest absolute Gasteiger partial charge is 0.338 e. The van der Waals surface area contributed by atoms with Crippen molar-refractivity contribution in [3.05, 3.63) is 90.1 Å². The van der Waals surface area contributed by atoms with Crippen LogP contribution in [0.5, 0.6) is 11.5 Å². The van der Waals surface area contributed by atoms with Crippen LogP contribution < -0.4 is 24.4 Å². The molecule has 2 heterocycles. The van der Waals surface area contributed by atoms with Crippen LogP contribution in [0.15, 0.2) is 63.5 Å². The summed E-state index contributed by atoms with van der Waals surface area (Å²) in [7, 11) is 3.14. The number of fused-ring (bicyclic) bond motifs is 1. The minimum Gasteiger partial charge on any atom is -0.497 e. The van der Waals surface area contributed by atoms with E-state index < -0.39 is 12.0 Å². The molecular weight excluding hydrogens is 500 g/mol. The standard InChI is InChI=1S/C30H34N2O5S/c1-7-9-23-26(29(34)37-8-2)27(22-17-21(35-5)14-15-24(22)36-6)32-28(33)25(38-30(32)31-23)16-19-10-12-20(13-11-19)18(3)4/h10-18,27H,7-9H2,1-6H3/b25-16-/t27-/m1/s1. The van der Waals surface area contributed by atoms with Crippen LogP contribution >= 0.6 is 11.3 Å². The van der Waals surface area contributed by atoms with Gasteiger partial charge in [0, 0.05) is 5.56 Å². The van der Waals surface area contributed by atoms with Crippen LogP contribution in [0.4, 0.5) is 0 Å². The zero-order valence-corrected chi connectivity index (χ0v) is 23.6. The number of rotatable bonds is 9. The lowest BCUT2D eigenvalue weighted by atomic mass is 9.93. The van der Waals surface area contributed by atoms with Crippen LogP contribution in [0.3, 0.4) is 0 Å². The van der Waals surface area contributed by atoms with Gasteiger partial charge >= 0.3 is 5.97 Å². The predicted octanol–water partition coefficient (Wildman–Crippen LogP) is 4.72. The largest absolute Gasteiger partial charge is 0.497 e. The molecule has 0 bridgehead atoms. The lowest BCUT2D eigenvalue weighted by Gasteiger charge is -2.27. The number of thiazole rings is 1. The molecule has 0 unspecified atom stereocenters. The van der Waals surface area contributed by atoms with Crippen LogP contribution in [-0.4, -0.2) is 31.4 Å². The number of benzene rings is 2. The highest BCUT2D eigenvalue weighted by atomic mass is 32.1. The van der Waals surface area contributed by atoms with E-state index in [0.717, 1.165) is 12.0 Å². The van der Waals surface area contributed by atoms with Gasteiger partial charge in [-0.15, -0.1) is 0 Å². The van der Waals surface area contributed by atoms with E-state index in [9.17, 15) is 9.59 Å². The molecule has 0 radical (unpaired) electrons. The summed E-state index contributed by atoms with van der Waals surface area (Å²) in [6.45, 7) is 8.30. The second-order valence-corrected chi connectivity index (χ2v) is 10.4. The van der Waals surface area contributed by atoms with Gasteiger partial charge in [-0.25, -0.2) is 9.79 Å². The van der Waals surface area contributed by atoms with E-state index in [4.69, 9.17) is 19.2 Å². The monoisotopic (exact) mass is 534 g/mol. The Morgan fingerprint density at radius 2 is 1.84 bits per heavy atom. The fraction of sp³-hybridized carbons (Fsp3) is 0.367. The fourth-order valence-electron chi connectivity index (χ4n) is 4.60. The number of hydrogen-bond acceptors (Lipinski definition) is 7. The van der Waals surface area contributed by atoms with Crippen molar-refractivity contribution in [2.75, 3.05) is 20.8 Å². The predicted molar refractivity (Wildman–Crippen MR) is 150 cm³/mol. The summed E-state index contributed by atoms with van der Waals surface area (Å²) in [5.41, 5.74) is 3.53. The highest BCUT2D eigenvalue weighted by molar-refractivity contribution is 7.07. The van der Waals surface area contributed by atoms with Gasteiger partial charge in [-0.1, -0.05) is 62.8 Å². The Bertz CT molecular complexity index is 1530. The molecule has 38 heavy (non-hydrogen) atoms. The van der Waals surface area contributed by atoms with E-state index in [-0.39, 0.29) is 12.2 Å². The Morgan fingerprint density at radius 3 is 2.45 bits per heavy atom. The quantitative estimate of drug-likeness (QED) is 0.371. The third-order valence-electron chi connectivity index (χ3n) is 6.52. The van der Waals surface area contributed by atoms with E-state index in [0.29, 0.717) is 50.0 Å². The molecular formula is C30H34N2O5S. The topological polar surface area (TPSA) is 79.1 Å². The van der Waals surface area contributed by atoms with Gasteiger partial charge in [0.1, 0.15) is 17.5 Å². The number of methoxy groups -OCH3 is 2. The van der Waals surface area contributed by atoms with Gasteiger partial charge in [-0.2, -0.15) is 0 Å². The minimum absolute atomic E-state index is 0.209. The summed E-state index contributed by atoms with van der Waals surface area (Å²) in [6.07, 6.45) is 3.22. The number of esters is 1. The van der Waals surface area contributed by atoms with Gasteiger partial charge in [0.2, 0.25) is 0 Å². The van der Waals surface area contributed by atoms with Crippen molar-refractivity contribution in [1.82, 2.24) is 4.57 Å². The van der Waals surface area contributed by atoms with E-state index >= 15 is 0 Å². The van der Waals surface area contributed by atoms with Crippen molar-refractivity contribution in [3.63, 3.8) is 0 Å². The number of carbonyl (C=O) groups is 1. The lowest BCUT2D eigenvalue weighted by Crippen LogP contribution is -2.40. The summed E-state index contributed by atoms with van der Waals surface area (Å²) in [5, 5.41) is 0. The van der Waals surface area contributed by atoms with Crippen molar-refractivity contribution in [2.45, 2.75) is 52.5 Å². The van der Waals surface area contributed by atoms with E-state index in [1.807, 2.05) is 25.1 Å². The first-order valence-electron chi connectivity index (χ1n) is 12.9. The molecule has 7 nitrogen and oxygen atoms in total. The maximum atomic E-state index is 14.0. The van der Waals surface area contributed by atoms with E-state index in [1.54, 1.807) is 43.9 Å². The molecule has 0 N–H and O–H groups in total. The summed E-state index contributed by atoms with van der Waals surface area (Å²) in [5.74, 6) is 1.05. The summed E-state index contributed by atoms with van der Waals surface area (Å²) < 4.78 is 18.8. The Balaban J connectivity index is 2.01. The molecule has 0 fully saturated rings. The Morgan fingerprint density at radius 1 is 1.11 bits per heavy atom. The molecule has 0 saturated heterocycles. The maximum Gasteiger partial charge on any atom is 0.338 e. The van der Waals surface area contributed by atoms with Gasteiger partial charge in [-0.05, 0) is 54.7 Å². The fourth-order valence-corrected chi connectivity index (χ4v) is 5.62. The number of carbonyl (C=O) groups excluding carboxylic acids is 1. The van der Waals surface area contributed by atoms with Crippen molar-refractivity contribution >= 4 is 23.4 Å². The molecule has 3 aromatic rings. The molecule has 0 aliphatic carbocycles. The van der Waals surface area contributed by atoms with Crippen molar-refractivity contribution in [2.24, 2.45) is 4.99 Å². The molecule has 4 rings (SSSR count). The number of ether oxygens (including phenoxy) is 3. The zero-order chi connectivity index (χ0) is 27.4. The number of hydrogen-bond donors (Lipinski definition) is 0. The third kappa shape index (κ3) is 5.31. The zero-order valence-electron chi connectivity index (χ0n) is 22.7. The average Bonchev–Trinajstić information content (AvgIpc) is 3.22. The van der Waals surface area contributed by atoms with Crippen molar-refractivity contribution in [3.8, 4) is 11.5 Å². The molecule has 0 spiro atoms. The second kappa shape index (κ2) is 11.8. The molecule has 1 aromatic heterocycles. The van der Waals surface area contributed by atoms with Gasteiger partial charge in [0.25, 0.3) is 5.56 Å². The SMILES string of the molecule is CCCC1=C(C(=O)OCC)[C@@H](c2cc(OC)ccc2OC)n2c(s/c(=C\c3ccc(C(C)C)cc3)c2=O)=N1. The minimum atomic E-state index is -0.776. The molecule has 1 aliphatic heterocycles. The Kier molecular flexibility index (Phi) is 8.52. The lowest BCUT2D eigenvalue weighted by molar-refractivity contribution is -0.139. The third-order valence-corrected chi connectivity index (χ3v) is 7.51. The summed E-state index contributed by atoms with van der Waals surface area (Å²) in [6, 6.07) is 12.8. The van der Waals surface area contributed by atoms with Gasteiger partial charge < -0.3 is 14.2 Å². The second-order valence-electron chi connectivity index (χ2n) is 9.34. The van der Waals surface area contributed by atoms with E-state index in [1.165, 1.54) is 16.9 Å². The van der Waals surface area contributed by atoms with Crippen LogP contribution in [0, 0.1) is 0 Å². The van der Waals surface area contributed by atoms with Crippen LogP contribution in [0.25, 0.3) is 6.08 Å². The van der Waals surface area contributed by atoms with Gasteiger partial charge in [-0.3, -0.25) is 9.36 Å². The van der Waals surface area contributed by atoms with Gasteiger partial charge in [0.05, 0.1) is 36.6 Å². The molecule has 2 aromatic carbocycles. The van der Waals surface area contributed by atoms with E-state index in [2.05, 4.69) is 26.0 Å². The van der Waals surface area contributed by atoms with Gasteiger partial charge in [0.15, 0.2) is 4.80 Å². The summed E-state index contributed by atoms with van der Waals surface area (Å²) in [4.78, 5) is 32.7. The van der Waals surface area contributed by atoms with Crippen LogP contribution in [0.1, 0.15) is 69.2 Å². The molecule has 1 aliphatic rings. The highest BCUT2D eigenvalue weighted by Gasteiger charge is 2.36. The average molecular weight is 535 g/mol. The first-order chi connectivity index (χ1) is 18.3. The molecule has 0 amide bonds. The molecule has 0 saturated carbocycles. The van der Waals surface area contributed by atoms with Crippen molar-refractivity contribution < 1.29 is 19.0 Å². The number of allylic oxidation sites excluding steroid dienone is 1. The van der Waals surface area contributed by atoms with Crippen molar-refractivity contribution in [1.29, 1.82) is 0 Å².